The largest absolute Gasteiger partial charge is 0.476 e. The van der Waals surface area contributed by atoms with Crippen molar-refractivity contribution in [2.45, 2.75) is 6.54 Å². The van der Waals surface area contributed by atoms with Crippen LogP contribution in [0.15, 0.2) is 27.4 Å². The lowest BCUT2D eigenvalue weighted by atomic mass is 10.4. The van der Waals surface area contributed by atoms with E-state index >= 15 is 0 Å². The summed E-state index contributed by atoms with van der Waals surface area (Å²) >= 11 is 3.17. The lowest BCUT2D eigenvalue weighted by Gasteiger charge is -1.94. The maximum absolute atomic E-state index is 10.5. The number of hydrogen-bond donors (Lipinski definition) is 1. The first-order valence-corrected chi connectivity index (χ1v) is 4.82. The SMILES string of the molecule is O=C(O)c1cn(Cc2ccc(Br)o2)nn1. The molecule has 0 saturated carbocycles. The Morgan fingerprint density at radius 2 is 2.40 bits per heavy atom. The minimum Gasteiger partial charge on any atom is -0.476 e. The van der Waals surface area contributed by atoms with E-state index in [1.165, 1.54) is 10.9 Å². The van der Waals surface area contributed by atoms with Gasteiger partial charge in [0.2, 0.25) is 0 Å². The van der Waals surface area contributed by atoms with Crippen molar-refractivity contribution in [1.82, 2.24) is 15.0 Å². The predicted octanol–water partition coefficient (Wildman–Crippen LogP) is 1.38. The third kappa shape index (κ3) is 2.24. The van der Waals surface area contributed by atoms with Gasteiger partial charge in [-0.1, -0.05) is 5.21 Å². The molecule has 15 heavy (non-hydrogen) atoms. The maximum Gasteiger partial charge on any atom is 0.358 e. The molecule has 0 aliphatic carbocycles. The average Bonchev–Trinajstić information content (AvgIpc) is 2.76. The number of carboxylic acid groups (broad SMARTS) is 1. The van der Waals surface area contributed by atoms with Crippen molar-refractivity contribution in [2.75, 3.05) is 0 Å². The zero-order valence-electron chi connectivity index (χ0n) is 7.42. The van der Waals surface area contributed by atoms with E-state index in [2.05, 4.69) is 26.2 Å². The number of nitrogens with zero attached hydrogens (tertiary/aromatic N) is 3. The maximum atomic E-state index is 10.5. The van der Waals surface area contributed by atoms with Crippen molar-refractivity contribution in [1.29, 1.82) is 0 Å². The van der Waals surface area contributed by atoms with Crippen LogP contribution in [-0.2, 0) is 6.54 Å². The number of carboxylic acids is 1. The van der Waals surface area contributed by atoms with Gasteiger partial charge < -0.3 is 9.52 Å². The Labute approximate surface area is 92.6 Å². The molecule has 7 heteroatoms. The van der Waals surface area contributed by atoms with E-state index in [1.807, 2.05) is 0 Å². The molecule has 2 rings (SSSR count). The smallest absolute Gasteiger partial charge is 0.358 e. The van der Waals surface area contributed by atoms with Crippen LogP contribution in [-0.4, -0.2) is 26.1 Å². The fourth-order valence-electron chi connectivity index (χ4n) is 1.07. The third-order valence-electron chi connectivity index (χ3n) is 1.70. The Bertz CT molecular complexity index is 491. The first-order valence-electron chi connectivity index (χ1n) is 4.03. The van der Waals surface area contributed by atoms with Gasteiger partial charge in [0.1, 0.15) is 12.3 Å². The molecule has 0 aliphatic rings. The molecule has 1 N–H and O–H groups in total. The van der Waals surface area contributed by atoms with Crippen LogP contribution in [0.25, 0.3) is 0 Å². The predicted molar refractivity (Wildman–Crippen MR) is 52.5 cm³/mol. The molecule has 0 aliphatic heterocycles. The summed E-state index contributed by atoms with van der Waals surface area (Å²) in [6.07, 6.45) is 1.35. The fourth-order valence-corrected chi connectivity index (χ4v) is 1.41. The van der Waals surface area contributed by atoms with Crippen molar-refractivity contribution in [3.8, 4) is 0 Å². The summed E-state index contributed by atoms with van der Waals surface area (Å²) in [4.78, 5) is 10.5. The topological polar surface area (TPSA) is 81.1 Å². The zero-order valence-corrected chi connectivity index (χ0v) is 9.01. The highest BCUT2D eigenvalue weighted by atomic mass is 79.9. The van der Waals surface area contributed by atoms with Crippen LogP contribution in [0, 0.1) is 0 Å². The van der Waals surface area contributed by atoms with Gasteiger partial charge in [0.25, 0.3) is 0 Å². The second-order valence-electron chi connectivity index (χ2n) is 2.81. The van der Waals surface area contributed by atoms with Gasteiger partial charge in [0.15, 0.2) is 10.4 Å². The first-order chi connectivity index (χ1) is 7.15. The van der Waals surface area contributed by atoms with E-state index in [0.717, 1.165) is 0 Å². The second-order valence-corrected chi connectivity index (χ2v) is 3.59. The van der Waals surface area contributed by atoms with Crippen LogP contribution >= 0.6 is 15.9 Å². The van der Waals surface area contributed by atoms with Gasteiger partial charge in [-0.15, -0.1) is 5.10 Å². The minimum absolute atomic E-state index is 0.0828. The van der Waals surface area contributed by atoms with Crippen LogP contribution in [0.1, 0.15) is 16.2 Å². The van der Waals surface area contributed by atoms with Gasteiger partial charge in [0.05, 0.1) is 6.20 Å². The van der Waals surface area contributed by atoms with Crippen LogP contribution in [0.4, 0.5) is 0 Å². The first kappa shape index (κ1) is 9.91. The van der Waals surface area contributed by atoms with Gasteiger partial charge in [-0.3, -0.25) is 0 Å². The number of halogens is 1. The molecule has 2 aromatic rings. The number of rotatable bonds is 3. The molecule has 0 unspecified atom stereocenters. The highest BCUT2D eigenvalue weighted by Crippen LogP contribution is 2.14. The third-order valence-corrected chi connectivity index (χ3v) is 2.13. The number of aromatic nitrogens is 3. The number of hydrogen-bond acceptors (Lipinski definition) is 4. The Kier molecular flexibility index (Phi) is 2.55. The molecule has 0 fully saturated rings. The fraction of sp³-hybridized carbons (Fsp3) is 0.125. The Morgan fingerprint density at radius 3 is 2.93 bits per heavy atom. The molecule has 0 radical (unpaired) electrons. The second kappa shape index (κ2) is 3.85. The van der Waals surface area contributed by atoms with Gasteiger partial charge in [-0.25, -0.2) is 9.48 Å². The molecular formula is C8H6BrN3O3. The molecule has 0 amide bonds. The number of furan rings is 1. The molecule has 2 aromatic heterocycles. The monoisotopic (exact) mass is 271 g/mol. The van der Waals surface area contributed by atoms with Crippen molar-refractivity contribution >= 4 is 21.9 Å². The number of aromatic carboxylic acids is 1. The quantitative estimate of drug-likeness (QED) is 0.912. The highest BCUT2D eigenvalue weighted by Gasteiger charge is 2.09. The summed E-state index contributed by atoms with van der Waals surface area (Å²) in [5, 5.41) is 15.8. The number of carbonyl (C=O) groups is 1. The van der Waals surface area contributed by atoms with Crippen molar-refractivity contribution in [2.24, 2.45) is 0 Å². The molecular weight excluding hydrogens is 266 g/mol. The molecule has 6 nitrogen and oxygen atoms in total. The van der Waals surface area contributed by atoms with Gasteiger partial charge >= 0.3 is 5.97 Å². The zero-order chi connectivity index (χ0) is 10.8. The molecule has 0 bridgehead atoms. The molecule has 0 saturated heterocycles. The molecule has 2 heterocycles. The van der Waals surface area contributed by atoms with Crippen LogP contribution in [0.3, 0.4) is 0 Å². The lowest BCUT2D eigenvalue weighted by molar-refractivity contribution is 0.0690. The minimum atomic E-state index is -1.10. The molecule has 0 aromatic carbocycles. The molecule has 0 atom stereocenters. The summed E-state index contributed by atoms with van der Waals surface area (Å²) < 4.78 is 7.26. The Morgan fingerprint density at radius 1 is 1.60 bits per heavy atom. The van der Waals surface area contributed by atoms with Crippen molar-refractivity contribution in [3.63, 3.8) is 0 Å². The van der Waals surface area contributed by atoms with E-state index in [-0.39, 0.29) is 5.69 Å². The van der Waals surface area contributed by atoms with E-state index < -0.39 is 5.97 Å². The molecule has 0 spiro atoms. The normalized spacial score (nSPS) is 10.5. The van der Waals surface area contributed by atoms with Gasteiger partial charge in [-0.05, 0) is 28.1 Å². The average molecular weight is 272 g/mol. The van der Waals surface area contributed by atoms with E-state index in [9.17, 15) is 4.79 Å². The lowest BCUT2D eigenvalue weighted by Crippen LogP contribution is -1.99. The summed E-state index contributed by atoms with van der Waals surface area (Å²) in [7, 11) is 0. The van der Waals surface area contributed by atoms with Gasteiger partial charge in [-0.2, -0.15) is 0 Å². The highest BCUT2D eigenvalue weighted by molar-refractivity contribution is 9.10. The standard InChI is InChI=1S/C8H6BrN3O3/c9-7-2-1-5(15-7)3-12-4-6(8(13)14)10-11-12/h1-2,4H,3H2,(H,13,14). The Hall–Kier alpha value is -1.63. The summed E-state index contributed by atoms with van der Waals surface area (Å²) in [6.45, 7) is 0.353. The van der Waals surface area contributed by atoms with E-state index in [0.29, 0.717) is 17.0 Å². The van der Waals surface area contributed by atoms with Crippen molar-refractivity contribution < 1.29 is 14.3 Å². The van der Waals surface area contributed by atoms with Crippen LogP contribution < -0.4 is 0 Å². The van der Waals surface area contributed by atoms with Crippen LogP contribution in [0.2, 0.25) is 0 Å². The molecule has 78 valence electrons. The Balaban J connectivity index is 2.14. The van der Waals surface area contributed by atoms with Crippen molar-refractivity contribution in [3.05, 3.63) is 34.5 Å². The summed E-state index contributed by atoms with van der Waals surface area (Å²) in [6, 6.07) is 3.52. The van der Waals surface area contributed by atoms with Crippen LogP contribution in [0.5, 0.6) is 0 Å². The van der Waals surface area contributed by atoms with Gasteiger partial charge in [0, 0.05) is 0 Å². The van der Waals surface area contributed by atoms with E-state index in [1.54, 1.807) is 12.1 Å². The summed E-state index contributed by atoms with van der Waals surface area (Å²) in [5.41, 5.74) is -0.0828. The summed E-state index contributed by atoms with van der Waals surface area (Å²) in [5.74, 6) is -0.425. The van der Waals surface area contributed by atoms with E-state index in [4.69, 9.17) is 9.52 Å².